The van der Waals surface area contributed by atoms with Crippen LogP contribution in [0.2, 0.25) is 0 Å². The number of methoxy groups -OCH3 is 1. The first-order valence-corrected chi connectivity index (χ1v) is 6.44. The highest BCUT2D eigenvalue weighted by Crippen LogP contribution is 2.28. The third-order valence-electron chi connectivity index (χ3n) is 2.95. The number of pyridine rings is 1. The molecule has 1 aromatic heterocycles. The second-order valence-corrected chi connectivity index (χ2v) is 4.53. The van der Waals surface area contributed by atoms with E-state index in [0.29, 0.717) is 11.3 Å². The van der Waals surface area contributed by atoms with Gasteiger partial charge in [-0.3, -0.25) is 10.1 Å². The maximum absolute atomic E-state index is 11.4. The number of anilines is 3. The summed E-state index contributed by atoms with van der Waals surface area (Å²) in [6.45, 7) is 0. The Hall–Kier alpha value is -3.16. The molecule has 1 aromatic carbocycles. The number of aromatic nitrogens is 1. The number of nitrogens with zero attached hydrogens (tertiary/aromatic N) is 3. The summed E-state index contributed by atoms with van der Waals surface area (Å²) in [5, 5.41) is 14.0. The van der Waals surface area contributed by atoms with Gasteiger partial charge in [0.05, 0.1) is 17.6 Å². The maximum atomic E-state index is 11.4. The minimum absolute atomic E-state index is 0.0137. The van der Waals surface area contributed by atoms with E-state index >= 15 is 0 Å². The molecule has 23 heavy (non-hydrogen) atoms. The predicted molar refractivity (Wildman–Crippen MR) is 86.3 cm³/mol. The lowest BCUT2D eigenvalue weighted by Crippen LogP contribution is -2.12. The van der Waals surface area contributed by atoms with Gasteiger partial charge in [-0.1, -0.05) is 0 Å². The van der Waals surface area contributed by atoms with E-state index in [2.05, 4.69) is 15.0 Å². The number of carbonyl (C=O) groups excluding carboxylic acids is 1. The number of ether oxygens (including phenoxy) is 1. The van der Waals surface area contributed by atoms with Crippen molar-refractivity contribution in [3.63, 3.8) is 0 Å². The second kappa shape index (κ2) is 6.73. The van der Waals surface area contributed by atoms with Crippen LogP contribution < -0.4 is 10.2 Å². The van der Waals surface area contributed by atoms with E-state index in [9.17, 15) is 14.9 Å². The van der Waals surface area contributed by atoms with Crippen molar-refractivity contribution in [3.05, 3.63) is 52.1 Å². The molecule has 120 valence electrons. The molecule has 0 fully saturated rings. The molecule has 0 aliphatic rings. The van der Waals surface area contributed by atoms with Crippen molar-refractivity contribution >= 4 is 29.0 Å². The van der Waals surface area contributed by atoms with E-state index in [1.165, 1.54) is 36.3 Å². The lowest BCUT2D eigenvalue weighted by Gasteiger charge is -2.13. The highest BCUT2D eigenvalue weighted by atomic mass is 16.6. The summed E-state index contributed by atoms with van der Waals surface area (Å²) in [6, 6.07) is 8.83. The van der Waals surface area contributed by atoms with E-state index in [-0.39, 0.29) is 31.4 Å². The topological polar surface area (TPSA) is 97.6 Å². The number of hydrogen-bond acceptors (Lipinski definition) is 7. The molecule has 0 bridgehead atoms. The summed E-state index contributed by atoms with van der Waals surface area (Å²) in [5.41, 5.74) is 0.596. The van der Waals surface area contributed by atoms with Gasteiger partial charge in [0.2, 0.25) is 5.82 Å². The highest BCUT2D eigenvalue weighted by Gasteiger charge is 2.17. The molecular formula is C15H16N4O4. The number of esters is 1. The Balaban J connectivity index is 2.34. The largest absolute Gasteiger partial charge is 0.465 e. The molecule has 8 heteroatoms. The van der Waals surface area contributed by atoms with Gasteiger partial charge in [-0.05, 0) is 30.3 Å². The first kappa shape index (κ1) is 13.5. The fraction of sp³-hybridized carbons (Fsp3) is 0.200. The van der Waals surface area contributed by atoms with Gasteiger partial charge in [0.15, 0.2) is 0 Å². The summed E-state index contributed by atoms with van der Waals surface area (Å²) in [5.74, 6) is -0.219. The maximum Gasteiger partial charge on any atom is 0.337 e. The van der Waals surface area contributed by atoms with Gasteiger partial charge >= 0.3 is 11.7 Å². The van der Waals surface area contributed by atoms with Gasteiger partial charge in [0.25, 0.3) is 0 Å². The average molecular weight is 318 g/mol. The fourth-order valence-corrected chi connectivity index (χ4v) is 1.80. The quantitative estimate of drug-likeness (QED) is 0.514. The van der Waals surface area contributed by atoms with Gasteiger partial charge in [0.1, 0.15) is 5.82 Å². The number of carbonyl (C=O) groups is 1. The van der Waals surface area contributed by atoms with Gasteiger partial charge < -0.3 is 15.0 Å². The molecule has 2 aromatic rings. The SMILES string of the molecule is [2H]CN(C[2H])c1ccc([N+](=O)[O-])c(Nc2ccc(C(=O)OC)cc2)n1. The van der Waals surface area contributed by atoms with Gasteiger partial charge in [0, 0.05) is 28.5 Å². The number of nitro groups is 1. The molecule has 0 atom stereocenters. The summed E-state index contributed by atoms with van der Waals surface area (Å²) in [4.78, 5) is 27.5. The zero-order chi connectivity index (χ0) is 18.4. The van der Waals surface area contributed by atoms with Crippen LogP contribution in [0.25, 0.3) is 0 Å². The van der Waals surface area contributed by atoms with E-state index in [1.54, 1.807) is 12.1 Å². The fourth-order valence-electron chi connectivity index (χ4n) is 1.80. The molecule has 1 heterocycles. The van der Waals surface area contributed by atoms with Gasteiger partial charge in [-0.15, -0.1) is 0 Å². The molecule has 0 saturated carbocycles. The standard InChI is InChI=1S/C15H16N4O4/c1-18(2)13-9-8-12(19(21)22)14(17-13)16-11-6-4-10(5-7-11)15(20)23-3/h4-9H,1-3H3,(H,16,17)/i1D,2D. The molecule has 0 spiro atoms. The third-order valence-corrected chi connectivity index (χ3v) is 2.95. The number of hydrogen-bond donors (Lipinski definition) is 1. The summed E-state index contributed by atoms with van der Waals surface area (Å²) < 4.78 is 19.4. The van der Waals surface area contributed by atoms with Crippen molar-refractivity contribution in [1.82, 2.24) is 4.98 Å². The van der Waals surface area contributed by atoms with E-state index in [1.807, 2.05) is 0 Å². The molecule has 0 unspecified atom stereocenters. The van der Waals surface area contributed by atoms with Crippen molar-refractivity contribution in [3.8, 4) is 0 Å². The summed E-state index contributed by atoms with van der Waals surface area (Å²) >= 11 is 0. The minimum atomic E-state index is -0.576. The molecular weight excluding hydrogens is 300 g/mol. The molecule has 0 aliphatic heterocycles. The van der Waals surface area contributed by atoms with Crippen LogP contribution in [-0.4, -0.2) is 37.0 Å². The highest BCUT2D eigenvalue weighted by molar-refractivity contribution is 5.89. The number of benzene rings is 1. The number of rotatable bonds is 5. The first-order valence-electron chi connectivity index (χ1n) is 7.85. The predicted octanol–water partition coefficient (Wildman–Crippen LogP) is 2.59. The smallest absolute Gasteiger partial charge is 0.337 e. The monoisotopic (exact) mass is 318 g/mol. The lowest BCUT2D eigenvalue weighted by atomic mass is 10.2. The van der Waals surface area contributed by atoms with Crippen LogP contribution in [0.1, 0.15) is 13.1 Å². The zero-order valence-electron chi connectivity index (χ0n) is 14.4. The Morgan fingerprint density at radius 3 is 2.57 bits per heavy atom. The van der Waals surface area contributed by atoms with Gasteiger partial charge in [-0.2, -0.15) is 0 Å². The van der Waals surface area contributed by atoms with Crippen molar-refractivity contribution < 1.29 is 17.2 Å². The van der Waals surface area contributed by atoms with Crippen LogP contribution in [-0.2, 0) is 4.74 Å². The average Bonchev–Trinajstić information content (AvgIpc) is 2.62. The molecule has 0 saturated heterocycles. The normalized spacial score (nSPS) is 11.2. The Bertz CT molecular complexity index is 767. The van der Waals surface area contributed by atoms with Crippen LogP contribution in [0.4, 0.5) is 23.0 Å². The second-order valence-electron chi connectivity index (χ2n) is 4.53. The van der Waals surface area contributed by atoms with Crippen molar-refractivity contribution in [2.24, 2.45) is 0 Å². The van der Waals surface area contributed by atoms with Crippen molar-refractivity contribution in [2.45, 2.75) is 0 Å². The Morgan fingerprint density at radius 1 is 1.30 bits per heavy atom. The van der Waals surface area contributed by atoms with Crippen molar-refractivity contribution in [1.29, 1.82) is 0 Å². The Kier molecular flexibility index (Phi) is 3.95. The summed E-state index contributed by atoms with van der Waals surface area (Å²) in [6.07, 6.45) is 0. The van der Waals surface area contributed by atoms with Crippen LogP contribution in [0.5, 0.6) is 0 Å². The lowest BCUT2D eigenvalue weighted by molar-refractivity contribution is -0.384. The summed E-state index contributed by atoms with van der Waals surface area (Å²) in [7, 11) is 0.890. The Labute approximate surface area is 135 Å². The van der Waals surface area contributed by atoms with Crippen LogP contribution in [0.15, 0.2) is 36.4 Å². The molecule has 1 N–H and O–H groups in total. The van der Waals surface area contributed by atoms with Crippen LogP contribution in [0.3, 0.4) is 0 Å². The third kappa shape index (κ3) is 3.73. The van der Waals surface area contributed by atoms with Crippen LogP contribution >= 0.6 is 0 Å². The van der Waals surface area contributed by atoms with Crippen molar-refractivity contribution in [2.75, 3.05) is 31.4 Å². The first-order chi connectivity index (χ1) is 12.0. The number of nitrogens with one attached hydrogen (secondary N) is 1. The molecule has 0 radical (unpaired) electrons. The van der Waals surface area contributed by atoms with Crippen LogP contribution in [0, 0.1) is 10.1 Å². The molecule has 8 nitrogen and oxygen atoms in total. The zero-order valence-corrected chi connectivity index (χ0v) is 12.4. The molecule has 0 amide bonds. The molecule has 0 aliphatic carbocycles. The molecule has 2 rings (SSSR count). The van der Waals surface area contributed by atoms with E-state index in [0.717, 1.165) is 0 Å². The van der Waals surface area contributed by atoms with E-state index < -0.39 is 10.9 Å². The van der Waals surface area contributed by atoms with E-state index in [4.69, 9.17) is 2.74 Å². The Morgan fingerprint density at radius 2 is 2.00 bits per heavy atom. The van der Waals surface area contributed by atoms with Gasteiger partial charge in [-0.25, -0.2) is 9.78 Å². The minimum Gasteiger partial charge on any atom is -0.465 e.